The first-order valence-corrected chi connectivity index (χ1v) is 31.5. The summed E-state index contributed by atoms with van der Waals surface area (Å²) in [5, 5.41) is 19.3. The van der Waals surface area contributed by atoms with Crippen LogP contribution in [0.4, 0.5) is 0 Å². The van der Waals surface area contributed by atoms with Gasteiger partial charge in [0.2, 0.25) is 29.5 Å². The number of aliphatic hydroxyl groups excluding tert-OH is 1. The van der Waals surface area contributed by atoms with E-state index in [1.54, 1.807) is 35.9 Å². The topological polar surface area (TPSA) is 240 Å². The maximum Gasteiger partial charge on any atom is 0.253 e. The van der Waals surface area contributed by atoms with E-state index in [4.69, 9.17) is 23.7 Å². The highest BCUT2D eigenvalue weighted by Crippen LogP contribution is 2.31. The Morgan fingerprint density at radius 3 is 1.99 bits per heavy atom. The number of benzene rings is 2. The van der Waals surface area contributed by atoms with E-state index in [9.17, 15) is 33.9 Å². The number of amides is 6. The van der Waals surface area contributed by atoms with E-state index < -0.39 is 29.5 Å². The number of likely N-dealkylation sites (tertiary alicyclic amines) is 3. The zero-order valence-electron chi connectivity index (χ0n) is 50.7. The molecule has 2 aromatic heterocycles. The van der Waals surface area contributed by atoms with Crippen molar-refractivity contribution in [1.82, 2.24) is 40.6 Å². The first kappa shape index (κ1) is 67.1. The van der Waals surface area contributed by atoms with E-state index >= 15 is 0 Å². The van der Waals surface area contributed by atoms with Crippen LogP contribution in [0.25, 0.3) is 16.5 Å². The molecule has 3 saturated heterocycles. The van der Waals surface area contributed by atoms with Gasteiger partial charge < -0.3 is 59.4 Å². The number of aromatic nitrogens is 2. The average Bonchev–Trinajstić information content (AvgIpc) is 3.81. The van der Waals surface area contributed by atoms with Crippen LogP contribution in [-0.2, 0) is 54.2 Å². The molecule has 4 N–H and O–H groups in total. The van der Waals surface area contributed by atoms with Crippen LogP contribution in [0.5, 0.6) is 0 Å². The quantitative estimate of drug-likeness (QED) is 0.0285. The summed E-state index contributed by atoms with van der Waals surface area (Å²) in [7, 11) is 0. The fourth-order valence-corrected chi connectivity index (χ4v) is 11.7. The zero-order valence-corrected chi connectivity index (χ0v) is 51.5. The Kier molecular flexibility index (Phi) is 27.6. The van der Waals surface area contributed by atoms with Crippen molar-refractivity contribution in [2.24, 2.45) is 11.3 Å². The third-order valence-corrected chi connectivity index (χ3v) is 16.9. The van der Waals surface area contributed by atoms with Crippen molar-refractivity contribution < 1.29 is 57.6 Å². The molecule has 3 atom stereocenters. The SMILES string of the molecule is Cc1ncsc1-c1ccc(CNC(=O)[C@@H]2C[C@@H](O)CN2C(=O)[C@@H](NC(=O)CCOCCOCCOCCOCCOCCC(=O)N2CCC(c3ccc(C(=O)N4CCC(CCCCNC(=O)/C=C/c5cccnc5)CC4)cc3)CC2)C(C)(C)C)cc1. The van der Waals surface area contributed by atoms with Gasteiger partial charge in [0, 0.05) is 82.7 Å². The van der Waals surface area contributed by atoms with Gasteiger partial charge in [-0.2, -0.15) is 0 Å². The van der Waals surface area contributed by atoms with E-state index in [-0.39, 0.29) is 68.7 Å². The number of nitrogens with one attached hydrogen (secondary N) is 3. The lowest BCUT2D eigenvalue weighted by Gasteiger charge is -2.35. The minimum Gasteiger partial charge on any atom is -0.391 e. The maximum atomic E-state index is 14.0. The molecule has 3 fully saturated rings. The zero-order chi connectivity index (χ0) is 61.1. The Balaban J connectivity index is 0.642. The van der Waals surface area contributed by atoms with Crippen LogP contribution in [0.2, 0.25) is 0 Å². The third-order valence-electron chi connectivity index (χ3n) is 16.0. The Labute approximate surface area is 511 Å². The number of aryl methyl sites for hydroxylation is 1. The number of ether oxygens (including phenoxy) is 5. The van der Waals surface area contributed by atoms with E-state index in [1.807, 2.05) is 91.5 Å². The Hall–Kier alpha value is -6.46. The van der Waals surface area contributed by atoms with E-state index in [2.05, 4.69) is 38.1 Å². The summed E-state index contributed by atoms with van der Waals surface area (Å²) in [6, 6.07) is 17.9. The van der Waals surface area contributed by atoms with Crippen molar-refractivity contribution in [3.05, 3.63) is 113 Å². The molecule has 0 unspecified atom stereocenters. The summed E-state index contributed by atoms with van der Waals surface area (Å²) in [5.41, 5.74) is 6.85. The van der Waals surface area contributed by atoms with Crippen LogP contribution in [0, 0.1) is 18.3 Å². The summed E-state index contributed by atoms with van der Waals surface area (Å²) in [6.45, 7) is 14.6. The number of aliphatic hydroxyl groups is 1. The molecule has 0 saturated carbocycles. The van der Waals surface area contributed by atoms with Gasteiger partial charge in [0.25, 0.3) is 5.91 Å². The molecular weight excluding hydrogens is 1120 g/mol. The minimum atomic E-state index is -0.935. The summed E-state index contributed by atoms with van der Waals surface area (Å²) in [6.07, 6.45) is 13.1. The van der Waals surface area contributed by atoms with Crippen LogP contribution in [0.15, 0.2) is 84.6 Å². The van der Waals surface area contributed by atoms with Gasteiger partial charge >= 0.3 is 0 Å². The number of unbranched alkanes of at least 4 members (excludes halogenated alkanes) is 1. The molecule has 6 amide bonds. The van der Waals surface area contributed by atoms with E-state index in [1.165, 1.54) is 10.5 Å². The van der Waals surface area contributed by atoms with Crippen LogP contribution < -0.4 is 16.0 Å². The molecular formula is C65H90N8O12S. The number of thiazole rings is 1. The lowest BCUT2D eigenvalue weighted by atomic mass is 9.85. The van der Waals surface area contributed by atoms with Crippen molar-refractivity contribution in [3.63, 3.8) is 0 Å². The third kappa shape index (κ3) is 22.0. The Bertz CT molecular complexity index is 2760. The van der Waals surface area contributed by atoms with Gasteiger partial charge in [0.15, 0.2) is 0 Å². The standard InChI is InChI=1S/C65H90N8O12S/c1-47-60(86-46-69-47)53-13-10-50(11-14-53)44-68-62(78)56-42-55(74)45-73(56)64(80)61(65(2,3)4)70-58(76)24-32-81-34-36-83-38-40-85-41-39-84-37-35-82-33-25-59(77)71-30-22-52(23-31-71)51-15-17-54(18-16-51)63(79)72-28-20-48(21-29-72)8-5-6-27-67-57(75)19-12-49-9-7-26-66-43-49/h7,9-19,26,43,46,48,52,55-56,61,74H,5-6,8,20-25,27-42,44-45H2,1-4H3,(H,67,75)(H,68,78)(H,70,76)/b19-12+/t55-,56+,61-/m1/s1. The molecule has 0 aliphatic carbocycles. The van der Waals surface area contributed by atoms with Crippen LogP contribution in [0.1, 0.15) is 124 Å². The normalized spacial score (nSPS) is 17.2. The second-order valence-electron chi connectivity index (χ2n) is 23.4. The smallest absolute Gasteiger partial charge is 0.253 e. The van der Waals surface area contributed by atoms with Crippen LogP contribution in [0.3, 0.4) is 0 Å². The summed E-state index contributed by atoms with van der Waals surface area (Å²) < 4.78 is 28.1. The monoisotopic (exact) mass is 1210 g/mol. The Morgan fingerprint density at radius 2 is 1.38 bits per heavy atom. The summed E-state index contributed by atoms with van der Waals surface area (Å²) in [5.74, 6) is -0.150. The average molecular weight is 1210 g/mol. The number of hydrogen-bond acceptors (Lipinski definition) is 15. The van der Waals surface area contributed by atoms with E-state index in [0.717, 1.165) is 90.9 Å². The molecule has 20 nitrogen and oxygen atoms in total. The van der Waals surface area contributed by atoms with Gasteiger partial charge in [-0.15, -0.1) is 11.3 Å². The summed E-state index contributed by atoms with van der Waals surface area (Å²) in [4.78, 5) is 93.7. The van der Waals surface area contributed by atoms with Gasteiger partial charge in [-0.3, -0.25) is 33.8 Å². The van der Waals surface area contributed by atoms with Crippen LogP contribution >= 0.6 is 11.3 Å². The van der Waals surface area contributed by atoms with Crippen molar-refractivity contribution in [1.29, 1.82) is 0 Å². The molecule has 0 bridgehead atoms. The van der Waals surface area contributed by atoms with Gasteiger partial charge in [0.1, 0.15) is 12.1 Å². The largest absolute Gasteiger partial charge is 0.391 e. The number of carbonyl (C=O) groups excluding carboxylic acids is 6. The molecule has 7 rings (SSSR count). The van der Waals surface area contributed by atoms with Crippen molar-refractivity contribution >= 4 is 52.9 Å². The molecule has 4 aromatic rings. The highest BCUT2D eigenvalue weighted by Gasteiger charge is 2.44. The first-order chi connectivity index (χ1) is 41.6. The predicted molar refractivity (Wildman–Crippen MR) is 329 cm³/mol. The highest BCUT2D eigenvalue weighted by atomic mass is 32.1. The fourth-order valence-electron chi connectivity index (χ4n) is 10.9. The molecule has 0 radical (unpaired) electrons. The number of pyridine rings is 1. The molecule has 0 spiro atoms. The van der Waals surface area contributed by atoms with Gasteiger partial charge in [-0.1, -0.05) is 76.1 Å². The highest BCUT2D eigenvalue weighted by molar-refractivity contribution is 7.13. The number of rotatable bonds is 33. The second-order valence-corrected chi connectivity index (χ2v) is 24.3. The second kappa shape index (κ2) is 35.4. The predicted octanol–water partition coefficient (Wildman–Crippen LogP) is 6.74. The molecule has 86 heavy (non-hydrogen) atoms. The van der Waals surface area contributed by atoms with Crippen LogP contribution in [-0.4, -0.2) is 189 Å². The van der Waals surface area contributed by atoms with E-state index in [0.29, 0.717) is 90.7 Å². The minimum absolute atomic E-state index is 0.00950. The molecule has 5 heterocycles. The first-order valence-electron chi connectivity index (χ1n) is 30.6. The Morgan fingerprint density at radius 1 is 0.756 bits per heavy atom. The van der Waals surface area contributed by atoms with Gasteiger partial charge in [-0.05, 0) is 103 Å². The number of carbonyl (C=O) groups is 6. The fraction of sp³-hybridized carbons (Fsp3) is 0.569. The molecule has 468 valence electrons. The molecule has 2 aromatic carbocycles. The lowest BCUT2D eigenvalue weighted by molar-refractivity contribution is -0.144. The van der Waals surface area contributed by atoms with Gasteiger partial charge in [-0.25, -0.2) is 4.98 Å². The number of hydrogen-bond donors (Lipinski definition) is 4. The number of nitrogens with zero attached hydrogens (tertiary/aromatic N) is 5. The molecule has 3 aliphatic rings. The van der Waals surface area contributed by atoms with Crippen molar-refractivity contribution in [2.45, 2.75) is 123 Å². The molecule has 3 aliphatic heterocycles. The van der Waals surface area contributed by atoms with Gasteiger partial charge in [0.05, 0.1) is 94.7 Å². The maximum absolute atomic E-state index is 14.0. The van der Waals surface area contributed by atoms with Crippen molar-refractivity contribution in [2.75, 3.05) is 105 Å². The van der Waals surface area contributed by atoms with Crippen molar-refractivity contribution in [3.8, 4) is 10.4 Å². The molecule has 21 heteroatoms. The lowest BCUT2D eigenvalue weighted by Crippen LogP contribution is -2.57. The number of piperidine rings is 2. The number of β-amino-alcohol motifs (C(OH)–C–C–N with tert-alkyl or cyclic N) is 1. The summed E-state index contributed by atoms with van der Waals surface area (Å²) >= 11 is 1.57.